The summed E-state index contributed by atoms with van der Waals surface area (Å²) in [6.07, 6.45) is 5.51. The highest BCUT2D eigenvalue weighted by molar-refractivity contribution is 7.15. The normalized spacial score (nSPS) is 16.5. The molecule has 0 aliphatic heterocycles. The second-order valence-corrected chi connectivity index (χ2v) is 5.67. The lowest BCUT2D eigenvalue weighted by Crippen LogP contribution is -2.16. The zero-order valence-corrected chi connectivity index (χ0v) is 11.4. The number of thiophene rings is 1. The van der Waals surface area contributed by atoms with Crippen LogP contribution in [0.1, 0.15) is 58.4 Å². The second kappa shape index (κ2) is 6.14. The first-order valence-corrected chi connectivity index (χ1v) is 7.35. The van der Waals surface area contributed by atoms with Crippen LogP contribution in [0.2, 0.25) is 0 Å². The number of rotatable bonds is 4. The van der Waals surface area contributed by atoms with Gasteiger partial charge in [-0.1, -0.05) is 19.3 Å². The standard InChI is InChI=1S/C14H18O3S/c1-2-17-14(16)12-9-8-11(18-12)13(15)10-6-4-3-5-7-10/h8-10H,2-7H2,1H3. The van der Waals surface area contributed by atoms with E-state index in [1.165, 1.54) is 17.8 Å². The van der Waals surface area contributed by atoms with Gasteiger partial charge >= 0.3 is 5.97 Å². The molecule has 0 aromatic carbocycles. The highest BCUT2D eigenvalue weighted by atomic mass is 32.1. The third-order valence-electron chi connectivity index (χ3n) is 3.30. The van der Waals surface area contributed by atoms with Crippen molar-refractivity contribution in [1.29, 1.82) is 0 Å². The van der Waals surface area contributed by atoms with Gasteiger partial charge in [0.25, 0.3) is 0 Å². The first-order chi connectivity index (χ1) is 8.72. The van der Waals surface area contributed by atoms with Crippen molar-refractivity contribution in [3.05, 3.63) is 21.9 Å². The fourth-order valence-electron chi connectivity index (χ4n) is 2.35. The Morgan fingerprint density at radius 1 is 1.22 bits per heavy atom. The Balaban J connectivity index is 2.04. The predicted molar refractivity (Wildman–Crippen MR) is 71.2 cm³/mol. The molecular formula is C14H18O3S. The Morgan fingerprint density at radius 2 is 1.89 bits per heavy atom. The van der Waals surface area contributed by atoms with E-state index < -0.39 is 0 Å². The summed E-state index contributed by atoms with van der Waals surface area (Å²) in [5.74, 6) is 0.0351. The third kappa shape index (κ3) is 2.99. The molecule has 1 aromatic rings. The van der Waals surface area contributed by atoms with Gasteiger partial charge in [-0.25, -0.2) is 4.79 Å². The number of Topliss-reactive ketones (excluding diaryl/α,β-unsaturated/α-hetero) is 1. The number of esters is 1. The minimum absolute atomic E-state index is 0.160. The van der Waals surface area contributed by atoms with Gasteiger partial charge in [-0.05, 0) is 31.9 Å². The summed E-state index contributed by atoms with van der Waals surface area (Å²) in [6, 6.07) is 3.45. The molecule has 4 heteroatoms. The molecule has 1 aliphatic rings. The lowest BCUT2D eigenvalue weighted by Gasteiger charge is -2.19. The molecule has 0 N–H and O–H groups in total. The average Bonchev–Trinajstić information content (AvgIpc) is 2.89. The minimum atomic E-state index is -0.329. The van der Waals surface area contributed by atoms with E-state index in [2.05, 4.69) is 0 Å². The molecule has 2 rings (SSSR count). The Hall–Kier alpha value is -1.16. The van der Waals surface area contributed by atoms with Gasteiger partial charge in [0, 0.05) is 5.92 Å². The number of hydrogen-bond acceptors (Lipinski definition) is 4. The highest BCUT2D eigenvalue weighted by Gasteiger charge is 2.24. The largest absolute Gasteiger partial charge is 0.462 e. The molecule has 0 atom stereocenters. The van der Waals surface area contributed by atoms with E-state index >= 15 is 0 Å². The summed E-state index contributed by atoms with van der Waals surface area (Å²) in [4.78, 5) is 25.0. The minimum Gasteiger partial charge on any atom is -0.462 e. The molecule has 1 aromatic heterocycles. The van der Waals surface area contributed by atoms with Crippen molar-refractivity contribution in [2.45, 2.75) is 39.0 Å². The van der Waals surface area contributed by atoms with Crippen molar-refractivity contribution in [1.82, 2.24) is 0 Å². The maximum Gasteiger partial charge on any atom is 0.348 e. The van der Waals surface area contributed by atoms with E-state index in [1.807, 2.05) is 0 Å². The Morgan fingerprint density at radius 3 is 2.56 bits per heavy atom. The lowest BCUT2D eigenvalue weighted by molar-refractivity contribution is 0.0532. The number of carbonyl (C=O) groups excluding carboxylic acids is 2. The van der Waals surface area contributed by atoms with Crippen LogP contribution < -0.4 is 0 Å². The van der Waals surface area contributed by atoms with Crippen LogP contribution in [0.25, 0.3) is 0 Å². The van der Waals surface area contributed by atoms with Crippen LogP contribution >= 0.6 is 11.3 Å². The fraction of sp³-hybridized carbons (Fsp3) is 0.571. The molecule has 0 spiro atoms. The number of ether oxygens (including phenoxy) is 1. The molecule has 18 heavy (non-hydrogen) atoms. The zero-order chi connectivity index (χ0) is 13.0. The van der Waals surface area contributed by atoms with E-state index in [9.17, 15) is 9.59 Å². The molecule has 0 saturated heterocycles. The van der Waals surface area contributed by atoms with E-state index in [0.717, 1.165) is 25.7 Å². The molecule has 0 radical (unpaired) electrons. The van der Waals surface area contributed by atoms with Crippen molar-refractivity contribution in [2.75, 3.05) is 6.61 Å². The fourth-order valence-corrected chi connectivity index (χ4v) is 3.27. The molecule has 1 saturated carbocycles. The molecule has 0 bridgehead atoms. The van der Waals surface area contributed by atoms with Crippen LogP contribution in [0.15, 0.2) is 12.1 Å². The number of carbonyl (C=O) groups is 2. The van der Waals surface area contributed by atoms with E-state index in [-0.39, 0.29) is 17.7 Å². The molecule has 1 aliphatic carbocycles. The van der Waals surface area contributed by atoms with Gasteiger partial charge in [-0.3, -0.25) is 4.79 Å². The quantitative estimate of drug-likeness (QED) is 0.616. The Labute approximate surface area is 111 Å². The van der Waals surface area contributed by atoms with Crippen LogP contribution in [0, 0.1) is 5.92 Å². The van der Waals surface area contributed by atoms with Crippen LogP contribution in [-0.4, -0.2) is 18.4 Å². The first-order valence-electron chi connectivity index (χ1n) is 6.53. The van der Waals surface area contributed by atoms with Gasteiger partial charge in [0.2, 0.25) is 0 Å². The molecule has 0 amide bonds. The van der Waals surface area contributed by atoms with Crippen LogP contribution in [0.5, 0.6) is 0 Å². The van der Waals surface area contributed by atoms with Crippen LogP contribution in [-0.2, 0) is 4.74 Å². The average molecular weight is 266 g/mol. The number of hydrogen-bond donors (Lipinski definition) is 0. The van der Waals surface area contributed by atoms with Gasteiger partial charge < -0.3 is 4.74 Å². The summed E-state index contributed by atoms with van der Waals surface area (Å²) >= 11 is 1.26. The van der Waals surface area contributed by atoms with Crippen molar-refractivity contribution < 1.29 is 14.3 Å². The third-order valence-corrected chi connectivity index (χ3v) is 4.38. The summed E-state index contributed by atoms with van der Waals surface area (Å²) < 4.78 is 4.93. The van der Waals surface area contributed by atoms with E-state index in [4.69, 9.17) is 4.74 Å². The molecule has 3 nitrogen and oxygen atoms in total. The SMILES string of the molecule is CCOC(=O)c1ccc(C(=O)C2CCCCC2)s1. The van der Waals surface area contributed by atoms with Crippen LogP contribution in [0.3, 0.4) is 0 Å². The predicted octanol–water partition coefficient (Wildman–Crippen LogP) is 3.69. The summed E-state index contributed by atoms with van der Waals surface area (Å²) in [5.41, 5.74) is 0. The van der Waals surface area contributed by atoms with Crippen LogP contribution in [0.4, 0.5) is 0 Å². The second-order valence-electron chi connectivity index (χ2n) is 4.58. The maximum atomic E-state index is 12.3. The van der Waals surface area contributed by atoms with Gasteiger partial charge in [0.1, 0.15) is 4.88 Å². The topological polar surface area (TPSA) is 43.4 Å². The summed E-state index contributed by atoms with van der Waals surface area (Å²) in [5, 5.41) is 0. The Kier molecular flexibility index (Phi) is 4.53. The summed E-state index contributed by atoms with van der Waals surface area (Å²) in [7, 11) is 0. The zero-order valence-electron chi connectivity index (χ0n) is 10.6. The summed E-state index contributed by atoms with van der Waals surface area (Å²) in [6.45, 7) is 2.14. The van der Waals surface area contributed by atoms with Crippen molar-refractivity contribution in [2.24, 2.45) is 5.92 Å². The van der Waals surface area contributed by atoms with Gasteiger partial charge in [-0.2, -0.15) is 0 Å². The molecule has 98 valence electrons. The Bertz CT molecular complexity index is 430. The number of ketones is 1. The van der Waals surface area contributed by atoms with Crippen molar-refractivity contribution in [3.63, 3.8) is 0 Å². The first kappa shape index (κ1) is 13.3. The smallest absolute Gasteiger partial charge is 0.348 e. The molecule has 1 heterocycles. The van der Waals surface area contributed by atoms with Gasteiger partial charge in [-0.15, -0.1) is 11.3 Å². The molecule has 1 fully saturated rings. The monoisotopic (exact) mass is 266 g/mol. The van der Waals surface area contributed by atoms with Gasteiger partial charge in [0.05, 0.1) is 11.5 Å². The molecule has 0 unspecified atom stereocenters. The van der Waals surface area contributed by atoms with E-state index in [1.54, 1.807) is 19.1 Å². The van der Waals surface area contributed by atoms with Crippen molar-refractivity contribution >= 4 is 23.1 Å². The van der Waals surface area contributed by atoms with Gasteiger partial charge in [0.15, 0.2) is 5.78 Å². The lowest BCUT2D eigenvalue weighted by atomic mass is 9.86. The molecular weight excluding hydrogens is 248 g/mol. The van der Waals surface area contributed by atoms with E-state index in [0.29, 0.717) is 16.4 Å². The highest BCUT2D eigenvalue weighted by Crippen LogP contribution is 2.29. The maximum absolute atomic E-state index is 12.3. The van der Waals surface area contributed by atoms with Crippen molar-refractivity contribution in [3.8, 4) is 0 Å².